The van der Waals surface area contributed by atoms with Gasteiger partial charge in [-0.1, -0.05) is 0 Å². The van der Waals surface area contributed by atoms with E-state index >= 15 is 0 Å². The van der Waals surface area contributed by atoms with Gasteiger partial charge in [-0.2, -0.15) is 0 Å². The molecule has 7 heteroatoms. The molecule has 3 heterocycles. The van der Waals surface area contributed by atoms with Crippen LogP contribution in [0.25, 0.3) is 0 Å². The van der Waals surface area contributed by atoms with E-state index < -0.39 is 0 Å². The van der Waals surface area contributed by atoms with Gasteiger partial charge >= 0.3 is 0 Å². The Bertz CT molecular complexity index is 702. The van der Waals surface area contributed by atoms with Crippen LogP contribution in [0.3, 0.4) is 0 Å². The van der Waals surface area contributed by atoms with E-state index in [9.17, 15) is 4.79 Å². The van der Waals surface area contributed by atoms with Crippen molar-refractivity contribution in [3.63, 3.8) is 0 Å². The maximum atomic E-state index is 11.9. The highest BCUT2D eigenvalue weighted by Crippen LogP contribution is 2.17. The first kappa shape index (κ1) is 16.2. The van der Waals surface area contributed by atoms with Gasteiger partial charge in [0.05, 0.1) is 18.8 Å². The second kappa shape index (κ2) is 7.74. The summed E-state index contributed by atoms with van der Waals surface area (Å²) < 4.78 is 11.1. The second-order valence-electron chi connectivity index (χ2n) is 5.44. The highest BCUT2D eigenvalue weighted by Gasteiger charge is 2.17. The molecule has 1 aliphatic heterocycles. The largest absolute Gasteiger partial charge is 0.472 e. The Labute approximate surface area is 140 Å². The van der Waals surface area contributed by atoms with E-state index in [4.69, 9.17) is 9.47 Å². The van der Waals surface area contributed by atoms with Gasteiger partial charge in [0, 0.05) is 38.5 Å². The Balaban J connectivity index is 1.65. The molecule has 0 spiro atoms. The number of carbonyl (C=O) groups excluding carboxylic acids is 1. The molecule has 1 aliphatic rings. The Morgan fingerprint density at radius 1 is 1.38 bits per heavy atom. The normalized spacial score (nSPS) is 16.6. The Hall–Kier alpha value is -2.67. The molecule has 1 fully saturated rings. The molecule has 1 saturated heterocycles. The van der Waals surface area contributed by atoms with Crippen molar-refractivity contribution in [1.29, 1.82) is 0 Å². The summed E-state index contributed by atoms with van der Waals surface area (Å²) in [6, 6.07) is 7.24. The minimum absolute atomic E-state index is 0.0661. The molecule has 2 aromatic heterocycles. The number of pyridine rings is 2. The van der Waals surface area contributed by atoms with Gasteiger partial charge in [-0.3, -0.25) is 4.79 Å². The number of nitrogens with zero attached hydrogens (tertiary/aromatic N) is 2. The number of anilines is 1. The number of hydrogen-bond acceptors (Lipinski definition) is 6. The van der Waals surface area contributed by atoms with Crippen LogP contribution in [0.15, 0.2) is 36.7 Å². The summed E-state index contributed by atoms with van der Waals surface area (Å²) in [5.41, 5.74) is 1.50. The van der Waals surface area contributed by atoms with Crippen molar-refractivity contribution in [2.45, 2.75) is 19.1 Å². The van der Waals surface area contributed by atoms with Crippen LogP contribution in [0.1, 0.15) is 22.3 Å². The predicted octanol–water partition coefficient (Wildman–Crippen LogP) is 1.62. The quantitative estimate of drug-likeness (QED) is 0.838. The maximum Gasteiger partial charge on any atom is 0.254 e. The van der Waals surface area contributed by atoms with Gasteiger partial charge in [-0.25, -0.2) is 9.97 Å². The molecule has 2 N–H and O–H groups in total. The zero-order chi connectivity index (χ0) is 16.8. The number of aromatic nitrogens is 2. The number of hydrogen-bond donors (Lipinski definition) is 2. The van der Waals surface area contributed by atoms with Gasteiger partial charge in [0.25, 0.3) is 5.91 Å². The smallest absolute Gasteiger partial charge is 0.254 e. The number of amides is 1. The summed E-state index contributed by atoms with van der Waals surface area (Å²) >= 11 is 0. The van der Waals surface area contributed by atoms with Crippen molar-refractivity contribution in [3.8, 4) is 5.88 Å². The fraction of sp³-hybridized carbons (Fsp3) is 0.353. The van der Waals surface area contributed by atoms with Crippen LogP contribution in [0.5, 0.6) is 5.88 Å². The summed E-state index contributed by atoms with van der Waals surface area (Å²) in [5.74, 6) is 0.947. The van der Waals surface area contributed by atoms with Crippen LogP contribution < -0.4 is 15.4 Å². The van der Waals surface area contributed by atoms with Crippen molar-refractivity contribution in [2.75, 3.05) is 25.6 Å². The molecule has 7 nitrogen and oxygen atoms in total. The van der Waals surface area contributed by atoms with Crippen LogP contribution in [-0.4, -0.2) is 42.2 Å². The minimum atomic E-state index is -0.175. The van der Waals surface area contributed by atoms with Crippen molar-refractivity contribution in [3.05, 3.63) is 47.8 Å². The van der Waals surface area contributed by atoms with E-state index in [2.05, 4.69) is 20.6 Å². The first-order chi connectivity index (χ1) is 11.8. The van der Waals surface area contributed by atoms with Crippen LogP contribution in [0.4, 0.5) is 5.82 Å². The minimum Gasteiger partial charge on any atom is -0.472 e. The van der Waals surface area contributed by atoms with E-state index in [-0.39, 0.29) is 12.0 Å². The molecule has 2 aromatic rings. The molecule has 3 rings (SSSR count). The van der Waals surface area contributed by atoms with Crippen LogP contribution in [-0.2, 0) is 11.3 Å². The molecule has 1 atom stereocenters. The molecule has 24 heavy (non-hydrogen) atoms. The Morgan fingerprint density at radius 3 is 3.08 bits per heavy atom. The highest BCUT2D eigenvalue weighted by atomic mass is 16.5. The lowest BCUT2D eigenvalue weighted by Crippen LogP contribution is -2.20. The zero-order valence-corrected chi connectivity index (χ0v) is 13.5. The maximum absolute atomic E-state index is 11.9. The zero-order valence-electron chi connectivity index (χ0n) is 13.5. The molecule has 126 valence electrons. The lowest BCUT2D eigenvalue weighted by molar-refractivity contribution is 0.0963. The van der Waals surface area contributed by atoms with Gasteiger partial charge < -0.3 is 20.1 Å². The van der Waals surface area contributed by atoms with Crippen LogP contribution in [0, 0.1) is 0 Å². The topological polar surface area (TPSA) is 85.4 Å². The molecule has 1 amide bonds. The fourth-order valence-electron chi connectivity index (χ4n) is 2.45. The predicted molar refractivity (Wildman–Crippen MR) is 89.0 cm³/mol. The number of ether oxygens (including phenoxy) is 2. The second-order valence-corrected chi connectivity index (χ2v) is 5.44. The van der Waals surface area contributed by atoms with Gasteiger partial charge in [0.15, 0.2) is 0 Å². The molecule has 0 radical (unpaired) electrons. The number of carbonyl (C=O) groups is 1. The van der Waals surface area contributed by atoms with Gasteiger partial charge in [0.2, 0.25) is 5.88 Å². The number of nitrogens with one attached hydrogen (secondary N) is 2. The Kier molecular flexibility index (Phi) is 5.22. The number of rotatable bonds is 6. The average Bonchev–Trinajstić information content (AvgIpc) is 3.13. The first-order valence-corrected chi connectivity index (χ1v) is 7.86. The van der Waals surface area contributed by atoms with Gasteiger partial charge in [-0.15, -0.1) is 0 Å². The monoisotopic (exact) mass is 328 g/mol. The summed E-state index contributed by atoms with van der Waals surface area (Å²) in [7, 11) is 1.60. The van der Waals surface area contributed by atoms with E-state index in [1.165, 1.54) is 0 Å². The van der Waals surface area contributed by atoms with Crippen molar-refractivity contribution in [1.82, 2.24) is 15.3 Å². The molecular formula is C17H20N4O3. The lowest BCUT2D eigenvalue weighted by Gasteiger charge is -2.13. The first-order valence-electron chi connectivity index (χ1n) is 7.86. The van der Waals surface area contributed by atoms with E-state index in [1.54, 1.807) is 31.6 Å². The van der Waals surface area contributed by atoms with Crippen molar-refractivity contribution < 1.29 is 14.3 Å². The molecular weight excluding hydrogens is 308 g/mol. The third-order valence-electron chi connectivity index (χ3n) is 3.71. The molecule has 0 bridgehead atoms. The van der Waals surface area contributed by atoms with E-state index in [0.29, 0.717) is 30.4 Å². The van der Waals surface area contributed by atoms with Crippen molar-refractivity contribution in [2.24, 2.45) is 0 Å². The average molecular weight is 328 g/mol. The summed E-state index contributed by atoms with van der Waals surface area (Å²) in [4.78, 5) is 20.3. The van der Waals surface area contributed by atoms with Crippen LogP contribution >= 0.6 is 0 Å². The van der Waals surface area contributed by atoms with E-state index in [0.717, 1.165) is 18.6 Å². The summed E-state index contributed by atoms with van der Waals surface area (Å²) in [5, 5.41) is 5.79. The summed E-state index contributed by atoms with van der Waals surface area (Å²) in [6.07, 6.45) is 4.31. The van der Waals surface area contributed by atoms with E-state index in [1.807, 2.05) is 12.1 Å². The summed E-state index contributed by atoms with van der Waals surface area (Å²) in [6.45, 7) is 1.85. The SMILES string of the molecule is CNC(=O)c1cccnc1NCc1ccnc(OC2CCOC2)c1. The molecule has 0 aliphatic carbocycles. The third-order valence-corrected chi connectivity index (χ3v) is 3.71. The third kappa shape index (κ3) is 3.99. The van der Waals surface area contributed by atoms with Crippen LogP contribution in [0.2, 0.25) is 0 Å². The van der Waals surface area contributed by atoms with Gasteiger partial charge in [0.1, 0.15) is 11.9 Å². The van der Waals surface area contributed by atoms with Gasteiger partial charge in [-0.05, 0) is 23.8 Å². The molecule has 0 aromatic carbocycles. The lowest BCUT2D eigenvalue weighted by atomic mass is 10.2. The standard InChI is InChI=1S/C17H20N4O3/c1-18-17(22)14-3-2-6-20-16(14)21-10-12-4-7-19-15(9-12)24-13-5-8-23-11-13/h2-4,6-7,9,13H,5,8,10-11H2,1H3,(H,18,22)(H,20,21). The highest BCUT2D eigenvalue weighted by molar-refractivity contribution is 5.98. The molecule has 0 saturated carbocycles. The molecule has 1 unspecified atom stereocenters. The Morgan fingerprint density at radius 2 is 2.29 bits per heavy atom. The van der Waals surface area contributed by atoms with Crippen molar-refractivity contribution >= 4 is 11.7 Å². The fourth-order valence-corrected chi connectivity index (χ4v) is 2.45.